The number of amides is 1. The van der Waals surface area contributed by atoms with Crippen molar-refractivity contribution < 1.29 is 68.2 Å². The quantitative estimate of drug-likeness (QED) is 0.267. The van der Waals surface area contributed by atoms with Crippen molar-refractivity contribution in [1.82, 2.24) is 10.3 Å². The monoisotopic (exact) mass is 534 g/mol. The number of pyridine rings is 1. The summed E-state index contributed by atoms with van der Waals surface area (Å²) in [5.74, 6) is -4.94. The zero-order valence-electron chi connectivity index (χ0n) is 16.4. The lowest BCUT2D eigenvalue weighted by atomic mass is 10.2. The number of nitrogens with one attached hydrogen (secondary N) is 1. The molecule has 1 aromatic rings. The van der Waals surface area contributed by atoms with Crippen LogP contribution in [0.3, 0.4) is 0 Å². The van der Waals surface area contributed by atoms with Crippen LogP contribution in [-0.2, 0) is 34.8 Å². The largest absolute Gasteiger partial charge is 0.449 e. The number of hydrogen-bond donors (Lipinski definition) is 1. The third-order valence-corrected chi connectivity index (χ3v) is 3.14. The van der Waals surface area contributed by atoms with Gasteiger partial charge in [-0.2, -0.15) is 39.5 Å². The zero-order valence-corrected chi connectivity index (χ0v) is 17.2. The summed E-state index contributed by atoms with van der Waals surface area (Å²) in [4.78, 5) is 45.6. The smallest absolute Gasteiger partial charge is 0.422 e. The second-order valence-corrected chi connectivity index (χ2v) is 6.16. The Bertz CT molecular complexity index is 870. The van der Waals surface area contributed by atoms with Gasteiger partial charge in [-0.1, -0.05) is 0 Å². The fourth-order valence-corrected chi connectivity index (χ4v) is 1.63. The van der Waals surface area contributed by atoms with Crippen molar-refractivity contribution in [2.75, 3.05) is 13.2 Å². The summed E-state index contributed by atoms with van der Waals surface area (Å²) in [7, 11) is 0. The van der Waals surface area contributed by atoms with E-state index in [1.54, 1.807) is 0 Å². The average Bonchev–Trinajstić information content (AvgIpc) is 2.68. The van der Waals surface area contributed by atoms with E-state index in [9.17, 15) is 58.7 Å². The lowest BCUT2D eigenvalue weighted by molar-refractivity contribution is -0.187. The van der Waals surface area contributed by atoms with E-state index >= 15 is 0 Å². The van der Waals surface area contributed by atoms with Gasteiger partial charge in [0.2, 0.25) is 0 Å². The number of alkyl halides is 9. The van der Waals surface area contributed by atoms with Gasteiger partial charge in [0.05, 0.1) is 17.3 Å². The number of nitrogens with zero attached hydrogens (tertiary/aromatic N) is 1. The maximum absolute atomic E-state index is 12.4. The first kappa shape index (κ1) is 30.9. The molecule has 0 spiro atoms. The molecule has 1 heterocycles. The maximum Gasteiger partial charge on any atom is 0.422 e. The molecule has 8 nitrogen and oxygen atoms in total. The van der Waals surface area contributed by atoms with Crippen molar-refractivity contribution in [2.24, 2.45) is 0 Å². The second-order valence-electron chi connectivity index (χ2n) is 5.82. The summed E-state index contributed by atoms with van der Waals surface area (Å²) in [5.41, 5.74) is -1.03. The summed E-state index contributed by atoms with van der Waals surface area (Å²) in [6.07, 6.45) is -13.5. The Balaban J connectivity index is 0.000000833. The van der Waals surface area contributed by atoms with Crippen LogP contribution in [0.25, 0.3) is 0 Å². The molecule has 1 unspecified atom stereocenters. The highest BCUT2D eigenvalue weighted by Crippen LogP contribution is 2.28. The molecule has 1 rings (SSSR count). The number of ether oxygens (including phenoxy) is 2. The maximum atomic E-state index is 12.4. The van der Waals surface area contributed by atoms with Crippen LogP contribution >= 0.6 is 11.6 Å². The third-order valence-electron chi connectivity index (χ3n) is 2.98. The number of rotatable bonds is 5. The molecule has 1 amide bonds. The van der Waals surface area contributed by atoms with E-state index in [-0.39, 0.29) is 5.69 Å². The van der Waals surface area contributed by atoms with E-state index in [2.05, 4.69) is 26.1 Å². The molecule has 0 aliphatic rings. The summed E-state index contributed by atoms with van der Waals surface area (Å²) in [6.45, 7) is -2.44. The van der Waals surface area contributed by atoms with Crippen LogP contribution in [0.1, 0.15) is 24.2 Å². The minimum Gasteiger partial charge on any atom is -0.449 e. The van der Waals surface area contributed by atoms with E-state index < -0.39 is 66.4 Å². The molecule has 0 aliphatic carbocycles. The molecule has 0 radical (unpaired) electrons. The van der Waals surface area contributed by atoms with Gasteiger partial charge in [0.25, 0.3) is 0 Å². The fraction of sp³-hybridized carbons (Fsp3) is 0.438. The molecule has 0 aliphatic heterocycles. The van der Waals surface area contributed by atoms with Crippen molar-refractivity contribution in [2.45, 2.75) is 31.5 Å². The fourth-order valence-electron chi connectivity index (χ4n) is 1.58. The number of carbonyl (C=O) groups is 4. The molecule has 1 atom stereocenters. The van der Waals surface area contributed by atoms with Gasteiger partial charge >= 0.3 is 41.6 Å². The van der Waals surface area contributed by atoms with Crippen LogP contribution in [0.15, 0.2) is 18.3 Å². The normalized spacial score (nSPS) is 12.6. The number of halogens is 10. The summed E-state index contributed by atoms with van der Waals surface area (Å²) in [6, 6.07) is 0.671. The van der Waals surface area contributed by atoms with Crippen LogP contribution in [0, 0.1) is 0 Å². The van der Waals surface area contributed by atoms with Gasteiger partial charge < -0.3 is 14.8 Å². The van der Waals surface area contributed by atoms with E-state index in [1.807, 2.05) is 5.32 Å². The van der Waals surface area contributed by atoms with Crippen molar-refractivity contribution in [1.29, 1.82) is 0 Å². The zero-order chi connectivity index (χ0) is 26.9. The van der Waals surface area contributed by atoms with Crippen LogP contribution in [0.2, 0.25) is 0 Å². The van der Waals surface area contributed by atoms with E-state index in [4.69, 9.17) is 0 Å². The van der Waals surface area contributed by atoms with Crippen LogP contribution in [-0.4, -0.2) is 53.6 Å². The predicted molar refractivity (Wildman–Crippen MR) is 90.7 cm³/mol. The minimum absolute atomic E-state index is 0.0185. The lowest BCUT2D eigenvalue weighted by Gasteiger charge is -2.14. The summed E-state index contributed by atoms with van der Waals surface area (Å²) < 4.78 is 113. The number of carbonyl (C=O) groups excluding carboxylic acids is 4. The highest BCUT2D eigenvalue weighted by molar-refractivity contribution is 6.80. The molecule has 0 saturated carbocycles. The summed E-state index contributed by atoms with van der Waals surface area (Å²) in [5, 5.41) is 0.391. The van der Waals surface area contributed by atoms with E-state index in [1.165, 1.54) is 6.92 Å². The molecule has 0 bridgehead atoms. The highest BCUT2D eigenvalue weighted by atomic mass is 35.5. The first-order valence-corrected chi connectivity index (χ1v) is 8.61. The predicted octanol–water partition coefficient (Wildman–Crippen LogP) is 3.24. The molecule has 1 aromatic heterocycles. The van der Waals surface area contributed by atoms with Gasteiger partial charge in [-0.3, -0.25) is 14.6 Å². The molecule has 34 heavy (non-hydrogen) atoms. The first-order valence-electron chi connectivity index (χ1n) is 8.23. The SMILES string of the molecule is CC(NC(=O)C(=O)OCC(F)(F)F)c1ccc(C(F)(F)F)cn1.O=C(Cl)C(=O)OCC(F)(F)F. The number of esters is 2. The van der Waals surface area contributed by atoms with Crippen LogP contribution in [0.4, 0.5) is 39.5 Å². The molecular weight excluding hydrogens is 523 g/mol. The Hall–Kier alpha value is -3.11. The van der Waals surface area contributed by atoms with Gasteiger partial charge in [0.1, 0.15) is 0 Å². The topological polar surface area (TPSA) is 112 Å². The second kappa shape index (κ2) is 12.4. The van der Waals surface area contributed by atoms with Crippen LogP contribution in [0.5, 0.6) is 0 Å². The van der Waals surface area contributed by atoms with Gasteiger partial charge in [-0.15, -0.1) is 0 Å². The van der Waals surface area contributed by atoms with Gasteiger partial charge in [0, 0.05) is 6.20 Å². The Morgan fingerprint density at radius 1 is 0.912 bits per heavy atom. The van der Waals surface area contributed by atoms with Crippen molar-refractivity contribution in [3.63, 3.8) is 0 Å². The highest BCUT2D eigenvalue weighted by Gasteiger charge is 2.33. The van der Waals surface area contributed by atoms with Crippen molar-refractivity contribution in [3.8, 4) is 0 Å². The van der Waals surface area contributed by atoms with Gasteiger partial charge in [0.15, 0.2) is 13.2 Å². The molecule has 0 fully saturated rings. The number of hydrogen-bond acceptors (Lipinski definition) is 7. The number of aromatic nitrogens is 1. The third kappa shape index (κ3) is 13.4. The first-order chi connectivity index (χ1) is 15.2. The lowest BCUT2D eigenvalue weighted by Crippen LogP contribution is -2.36. The van der Waals surface area contributed by atoms with Gasteiger partial charge in [-0.05, 0) is 30.7 Å². The van der Waals surface area contributed by atoms with Crippen LogP contribution < -0.4 is 5.32 Å². The molecule has 0 saturated heterocycles. The summed E-state index contributed by atoms with van der Waals surface area (Å²) >= 11 is 4.48. The molecule has 192 valence electrons. The minimum atomic E-state index is -4.78. The molecule has 1 N–H and O–H groups in total. The van der Waals surface area contributed by atoms with E-state index in [0.29, 0.717) is 12.3 Å². The Morgan fingerprint density at radius 2 is 1.38 bits per heavy atom. The Morgan fingerprint density at radius 3 is 1.74 bits per heavy atom. The van der Waals surface area contributed by atoms with Crippen molar-refractivity contribution in [3.05, 3.63) is 29.6 Å². The van der Waals surface area contributed by atoms with Gasteiger partial charge in [-0.25, -0.2) is 9.59 Å². The molecule has 0 aromatic carbocycles. The Kier molecular flexibility index (Phi) is 11.2. The molecular formula is C16H12ClF9N2O6. The standard InChI is InChI=1S/C12H10F6N2O3.C4H2ClF3O3/c1-6(8-3-2-7(4-19-8)12(16,17)18)20-9(21)10(22)23-5-11(13,14)15;5-2(9)3(10)11-1-4(6,7)8/h2-4,6H,5H2,1H3,(H,20,21);1H2. The van der Waals surface area contributed by atoms with E-state index in [0.717, 1.165) is 6.07 Å². The average molecular weight is 535 g/mol. The van der Waals surface area contributed by atoms with Crippen molar-refractivity contribution >= 4 is 34.7 Å². The Labute approximate surface area is 188 Å². The molecule has 18 heteroatoms.